The molecule has 0 aliphatic heterocycles. The van der Waals surface area contributed by atoms with Crippen molar-refractivity contribution in [1.29, 1.82) is 0 Å². The highest BCUT2D eigenvalue weighted by Gasteiger charge is 2.21. The number of nitrogens with one attached hydrogen (secondary N) is 1. The predicted molar refractivity (Wildman–Crippen MR) is 92.2 cm³/mol. The Bertz CT molecular complexity index is 781. The summed E-state index contributed by atoms with van der Waals surface area (Å²) >= 11 is 3.24. The van der Waals surface area contributed by atoms with Gasteiger partial charge in [0.15, 0.2) is 0 Å². The molecule has 0 radical (unpaired) electrons. The van der Waals surface area contributed by atoms with Gasteiger partial charge in [-0.3, -0.25) is 0 Å². The van der Waals surface area contributed by atoms with Crippen molar-refractivity contribution in [2.24, 2.45) is 0 Å². The van der Waals surface area contributed by atoms with Crippen LogP contribution < -0.4 is 4.72 Å². The van der Waals surface area contributed by atoms with Crippen molar-refractivity contribution in [1.82, 2.24) is 9.62 Å². The zero-order chi connectivity index (χ0) is 17.0. The van der Waals surface area contributed by atoms with Crippen LogP contribution in [0.2, 0.25) is 0 Å². The van der Waals surface area contributed by atoms with E-state index in [1.54, 1.807) is 30.3 Å². The fraction of sp³-hybridized carbons (Fsp3) is 0.250. The van der Waals surface area contributed by atoms with E-state index in [0.29, 0.717) is 10.0 Å². The van der Waals surface area contributed by atoms with Crippen LogP contribution in [0.3, 0.4) is 0 Å². The molecule has 2 aromatic rings. The maximum absolute atomic E-state index is 13.4. The lowest BCUT2D eigenvalue weighted by Gasteiger charge is -2.25. The van der Waals surface area contributed by atoms with Gasteiger partial charge in [0.2, 0.25) is 10.0 Å². The normalized spacial score (nSPS) is 13.3. The standard InChI is InChI=1S/C16H18BrFN2O2S/c1-20(2)15(12-6-5-7-13(18)10-12)11-19-23(21,22)16-9-4-3-8-14(16)17/h3-10,15,19H,11H2,1-2H3/t15-/m0/s1. The minimum atomic E-state index is -3.65. The summed E-state index contributed by atoms with van der Waals surface area (Å²) in [6.45, 7) is 0.139. The first-order chi connectivity index (χ1) is 10.8. The van der Waals surface area contributed by atoms with Gasteiger partial charge in [-0.1, -0.05) is 24.3 Å². The number of sulfonamides is 1. The first-order valence-corrected chi connectivity index (χ1v) is 9.25. The molecule has 0 aliphatic rings. The lowest BCUT2D eigenvalue weighted by atomic mass is 10.1. The van der Waals surface area contributed by atoms with E-state index in [1.165, 1.54) is 18.2 Å². The van der Waals surface area contributed by atoms with Crippen molar-refractivity contribution in [3.05, 3.63) is 64.4 Å². The Kier molecular flexibility index (Phi) is 5.91. The molecule has 2 rings (SSSR count). The van der Waals surface area contributed by atoms with E-state index in [0.717, 1.165) is 0 Å². The van der Waals surface area contributed by atoms with Gasteiger partial charge in [-0.25, -0.2) is 17.5 Å². The summed E-state index contributed by atoms with van der Waals surface area (Å²) < 4.78 is 41.4. The van der Waals surface area contributed by atoms with Gasteiger partial charge >= 0.3 is 0 Å². The molecule has 0 saturated heterocycles. The molecule has 7 heteroatoms. The van der Waals surface area contributed by atoms with Gasteiger partial charge in [-0.15, -0.1) is 0 Å². The molecule has 1 N–H and O–H groups in total. The van der Waals surface area contributed by atoms with Gasteiger partial charge in [0.05, 0.1) is 4.90 Å². The maximum atomic E-state index is 13.4. The van der Waals surface area contributed by atoms with E-state index in [2.05, 4.69) is 20.7 Å². The van der Waals surface area contributed by atoms with Gasteiger partial charge < -0.3 is 4.90 Å². The van der Waals surface area contributed by atoms with Gasteiger partial charge in [0.25, 0.3) is 0 Å². The van der Waals surface area contributed by atoms with Gasteiger partial charge in [-0.05, 0) is 59.9 Å². The third kappa shape index (κ3) is 4.60. The van der Waals surface area contributed by atoms with Crippen molar-refractivity contribution in [2.75, 3.05) is 20.6 Å². The Hall–Kier alpha value is -1.28. The zero-order valence-corrected chi connectivity index (χ0v) is 15.2. The minimum absolute atomic E-state index is 0.139. The van der Waals surface area contributed by atoms with Crippen LogP contribution in [0.15, 0.2) is 57.9 Å². The van der Waals surface area contributed by atoms with Crippen LogP contribution in [0.4, 0.5) is 4.39 Å². The van der Waals surface area contributed by atoms with Gasteiger partial charge in [-0.2, -0.15) is 0 Å². The molecule has 0 spiro atoms. The Morgan fingerprint density at radius 3 is 2.48 bits per heavy atom. The molecular formula is C16H18BrFN2O2S. The van der Waals surface area contributed by atoms with E-state index >= 15 is 0 Å². The smallest absolute Gasteiger partial charge is 0.241 e. The monoisotopic (exact) mass is 400 g/mol. The topological polar surface area (TPSA) is 49.4 Å². The number of hydrogen-bond acceptors (Lipinski definition) is 3. The van der Waals surface area contributed by atoms with Crippen LogP contribution in [0.5, 0.6) is 0 Å². The number of benzene rings is 2. The molecule has 0 fully saturated rings. The summed E-state index contributed by atoms with van der Waals surface area (Å²) in [5.41, 5.74) is 0.713. The van der Waals surface area contributed by atoms with Gasteiger partial charge in [0.1, 0.15) is 5.82 Å². The number of likely N-dealkylation sites (N-methyl/N-ethyl adjacent to an activating group) is 1. The number of halogens is 2. The molecule has 124 valence electrons. The Morgan fingerprint density at radius 1 is 1.17 bits per heavy atom. The predicted octanol–water partition coefficient (Wildman–Crippen LogP) is 3.17. The van der Waals surface area contributed by atoms with Crippen molar-refractivity contribution < 1.29 is 12.8 Å². The molecule has 0 unspecified atom stereocenters. The van der Waals surface area contributed by atoms with Crippen molar-refractivity contribution in [3.8, 4) is 0 Å². The van der Waals surface area contributed by atoms with Crippen LogP contribution in [0.25, 0.3) is 0 Å². The molecule has 0 aromatic heterocycles. The van der Waals surface area contributed by atoms with Crippen LogP contribution in [0, 0.1) is 5.82 Å². The fourth-order valence-electron chi connectivity index (χ4n) is 2.24. The summed E-state index contributed by atoms with van der Waals surface area (Å²) in [6.07, 6.45) is 0. The molecular weight excluding hydrogens is 383 g/mol. The Labute approximate surface area is 144 Å². The second kappa shape index (κ2) is 7.53. The number of rotatable bonds is 6. The van der Waals surface area contributed by atoms with Crippen molar-refractivity contribution >= 4 is 26.0 Å². The van der Waals surface area contributed by atoms with E-state index in [9.17, 15) is 12.8 Å². The molecule has 1 atom stereocenters. The van der Waals surface area contributed by atoms with E-state index in [4.69, 9.17) is 0 Å². The molecule has 23 heavy (non-hydrogen) atoms. The quantitative estimate of drug-likeness (QED) is 0.809. The van der Waals surface area contributed by atoms with E-state index in [-0.39, 0.29) is 23.3 Å². The Balaban J connectivity index is 2.21. The third-order valence-electron chi connectivity index (χ3n) is 3.45. The summed E-state index contributed by atoms with van der Waals surface area (Å²) in [7, 11) is -0.0115. The van der Waals surface area contributed by atoms with Crippen LogP contribution in [-0.4, -0.2) is 34.0 Å². The second-order valence-electron chi connectivity index (χ2n) is 5.32. The molecule has 0 saturated carbocycles. The second-order valence-corrected chi connectivity index (χ2v) is 7.91. The zero-order valence-electron chi connectivity index (χ0n) is 12.8. The van der Waals surface area contributed by atoms with Crippen LogP contribution in [0.1, 0.15) is 11.6 Å². The van der Waals surface area contributed by atoms with Gasteiger partial charge in [0, 0.05) is 17.1 Å². The summed E-state index contributed by atoms with van der Waals surface area (Å²) in [5, 5.41) is 0. The first-order valence-electron chi connectivity index (χ1n) is 6.97. The minimum Gasteiger partial charge on any atom is -0.301 e. The SMILES string of the molecule is CN(C)[C@@H](CNS(=O)(=O)c1ccccc1Br)c1cccc(F)c1. The van der Waals surface area contributed by atoms with E-state index in [1.807, 2.05) is 19.0 Å². The average Bonchev–Trinajstić information content (AvgIpc) is 2.47. The number of nitrogens with zero attached hydrogens (tertiary/aromatic N) is 1. The summed E-state index contributed by atoms with van der Waals surface area (Å²) in [5.74, 6) is -0.344. The van der Waals surface area contributed by atoms with E-state index < -0.39 is 10.0 Å². The highest BCUT2D eigenvalue weighted by molar-refractivity contribution is 9.10. The first kappa shape index (κ1) is 18.1. The highest BCUT2D eigenvalue weighted by atomic mass is 79.9. The fourth-order valence-corrected chi connectivity index (χ4v) is 4.28. The largest absolute Gasteiger partial charge is 0.301 e. The molecule has 4 nitrogen and oxygen atoms in total. The lowest BCUT2D eigenvalue weighted by Crippen LogP contribution is -2.34. The molecule has 0 aliphatic carbocycles. The lowest BCUT2D eigenvalue weighted by molar-refractivity contribution is 0.299. The molecule has 0 bridgehead atoms. The highest BCUT2D eigenvalue weighted by Crippen LogP contribution is 2.23. The Morgan fingerprint density at radius 2 is 1.87 bits per heavy atom. The van der Waals surface area contributed by atoms with Crippen molar-refractivity contribution in [3.63, 3.8) is 0 Å². The van der Waals surface area contributed by atoms with Crippen LogP contribution in [-0.2, 0) is 10.0 Å². The molecule has 0 heterocycles. The third-order valence-corrected chi connectivity index (χ3v) is 5.89. The summed E-state index contributed by atoms with van der Waals surface area (Å²) in [6, 6.07) is 12.5. The number of hydrogen-bond donors (Lipinski definition) is 1. The summed E-state index contributed by atoms with van der Waals surface area (Å²) in [4.78, 5) is 2.02. The maximum Gasteiger partial charge on any atom is 0.241 e. The van der Waals surface area contributed by atoms with Crippen LogP contribution >= 0.6 is 15.9 Å². The average molecular weight is 401 g/mol. The molecule has 2 aromatic carbocycles. The van der Waals surface area contributed by atoms with Crippen molar-refractivity contribution in [2.45, 2.75) is 10.9 Å². The molecule has 0 amide bonds.